The quantitative estimate of drug-likeness (QED) is 0.585. The van der Waals surface area contributed by atoms with Gasteiger partial charge in [-0.15, -0.1) is 22.7 Å². The fourth-order valence-electron chi connectivity index (χ4n) is 1.43. The number of thiophene rings is 2. The minimum Gasteiger partial charge on any atom is -0.288 e. The van der Waals surface area contributed by atoms with E-state index in [0.717, 1.165) is 18.9 Å². The lowest BCUT2D eigenvalue weighted by molar-refractivity contribution is 0.104. The minimum absolute atomic E-state index is 0.157. The van der Waals surface area contributed by atoms with Gasteiger partial charge in [0.2, 0.25) is 5.78 Å². The number of halogens is 1. The molecule has 0 bridgehead atoms. The molecule has 0 spiro atoms. The van der Waals surface area contributed by atoms with E-state index in [-0.39, 0.29) is 5.78 Å². The second-order valence-electron chi connectivity index (χ2n) is 3.34. The molecule has 0 saturated heterocycles. The van der Waals surface area contributed by atoms with Gasteiger partial charge in [0.1, 0.15) is 0 Å². The van der Waals surface area contributed by atoms with E-state index in [4.69, 9.17) is 0 Å². The predicted molar refractivity (Wildman–Crippen MR) is 74.3 cm³/mol. The highest BCUT2D eigenvalue weighted by Crippen LogP contribution is 2.26. The van der Waals surface area contributed by atoms with E-state index in [2.05, 4.69) is 28.7 Å². The molecule has 0 radical (unpaired) electrons. The molecule has 1 nitrogen and oxygen atoms in total. The first-order valence-electron chi connectivity index (χ1n) is 4.43. The van der Waals surface area contributed by atoms with Crippen LogP contribution in [0.2, 0.25) is 0 Å². The number of hydrogen-bond acceptors (Lipinski definition) is 3. The first-order chi connectivity index (χ1) is 7.08. The molecule has 0 saturated carbocycles. The Morgan fingerprint density at radius 3 is 2.53 bits per heavy atom. The highest BCUT2D eigenvalue weighted by Gasteiger charge is 2.15. The van der Waals surface area contributed by atoms with Crippen LogP contribution >= 0.6 is 45.3 Å². The van der Waals surface area contributed by atoms with Crippen molar-refractivity contribution >= 4 is 51.0 Å². The summed E-state index contributed by atoms with van der Waals surface area (Å²) in [6.45, 7) is 4.03. The van der Waals surface area contributed by atoms with Crippen LogP contribution in [0.5, 0.6) is 0 Å². The molecular weight excluding hydrogens is 339 g/mol. The van der Waals surface area contributed by atoms with Gasteiger partial charge < -0.3 is 0 Å². The molecule has 15 heavy (non-hydrogen) atoms. The third-order valence-electron chi connectivity index (χ3n) is 2.08. The van der Waals surface area contributed by atoms with Gasteiger partial charge in [-0.1, -0.05) is 0 Å². The Bertz CT molecular complexity index is 510. The number of aryl methyl sites for hydroxylation is 2. The first kappa shape index (κ1) is 11.3. The fourth-order valence-corrected chi connectivity index (χ4v) is 3.74. The Kier molecular flexibility index (Phi) is 3.27. The number of hydrogen-bond donors (Lipinski definition) is 0. The average molecular weight is 348 g/mol. The summed E-state index contributed by atoms with van der Waals surface area (Å²) in [4.78, 5) is 14.2. The average Bonchev–Trinajstić information content (AvgIpc) is 2.71. The highest BCUT2D eigenvalue weighted by molar-refractivity contribution is 14.1. The number of carbonyl (C=O) groups excluding carboxylic acids is 1. The molecule has 0 fully saturated rings. The van der Waals surface area contributed by atoms with Crippen LogP contribution in [0.15, 0.2) is 17.5 Å². The third kappa shape index (κ3) is 2.32. The third-order valence-corrected chi connectivity index (χ3v) is 5.02. The van der Waals surface area contributed by atoms with Gasteiger partial charge in [-0.05, 0) is 54.1 Å². The zero-order valence-electron chi connectivity index (χ0n) is 8.33. The SMILES string of the molecule is Cc1cc(C)c(C(=O)c2csc(I)c2)s1. The van der Waals surface area contributed by atoms with Gasteiger partial charge in [-0.3, -0.25) is 4.79 Å². The predicted octanol–water partition coefficient (Wildman–Crippen LogP) is 4.26. The van der Waals surface area contributed by atoms with Crippen LogP contribution in [0, 0.1) is 16.7 Å². The lowest BCUT2D eigenvalue weighted by Crippen LogP contribution is -1.97. The molecule has 0 aromatic carbocycles. The van der Waals surface area contributed by atoms with Crippen LogP contribution in [-0.4, -0.2) is 5.78 Å². The Morgan fingerprint density at radius 2 is 2.07 bits per heavy atom. The van der Waals surface area contributed by atoms with E-state index in [9.17, 15) is 4.79 Å². The lowest BCUT2D eigenvalue weighted by atomic mass is 10.1. The molecule has 2 aromatic rings. The molecule has 0 aliphatic heterocycles. The van der Waals surface area contributed by atoms with Crippen molar-refractivity contribution in [3.63, 3.8) is 0 Å². The van der Waals surface area contributed by atoms with E-state index in [0.29, 0.717) is 0 Å². The maximum absolute atomic E-state index is 12.1. The summed E-state index contributed by atoms with van der Waals surface area (Å²) in [5.41, 5.74) is 1.90. The van der Waals surface area contributed by atoms with E-state index < -0.39 is 0 Å². The summed E-state index contributed by atoms with van der Waals surface area (Å²) in [5.74, 6) is 0.157. The smallest absolute Gasteiger partial charge is 0.204 e. The first-order valence-corrected chi connectivity index (χ1v) is 7.21. The largest absolute Gasteiger partial charge is 0.288 e. The van der Waals surface area contributed by atoms with Crippen molar-refractivity contribution in [3.05, 3.63) is 41.3 Å². The van der Waals surface area contributed by atoms with Crippen molar-refractivity contribution in [2.45, 2.75) is 13.8 Å². The summed E-state index contributed by atoms with van der Waals surface area (Å²) < 4.78 is 1.15. The van der Waals surface area contributed by atoms with Crippen molar-refractivity contribution in [2.24, 2.45) is 0 Å². The molecule has 0 unspecified atom stereocenters. The van der Waals surface area contributed by atoms with Crippen LogP contribution in [-0.2, 0) is 0 Å². The van der Waals surface area contributed by atoms with Crippen LogP contribution in [0.25, 0.3) is 0 Å². The molecule has 2 heterocycles. The molecule has 2 rings (SSSR count). The van der Waals surface area contributed by atoms with Crippen molar-refractivity contribution in [2.75, 3.05) is 0 Å². The Labute approximate surface area is 110 Å². The molecule has 2 aromatic heterocycles. The minimum atomic E-state index is 0.157. The standard InChI is InChI=1S/C11H9IOS2/c1-6-3-7(2)15-11(6)10(13)8-4-9(12)14-5-8/h3-5H,1-2H3. The normalized spacial score (nSPS) is 10.6. The zero-order chi connectivity index (χ0) is 11.0. The van der Waals surface area contributed by atoms with Crippen LogP contribution in [0.3, 0.4) is 0 Å². The second-order valence-corrected chi connectivity index (χ2v) is 7.40. The summed E-state index contributed by atoms with van der Waals surface area (Å²) in [6, 6.07) is 4.01. The Balaban J connectivity index is 2.40. The lowest BCUT2D eigenvalue weighted by Gasteiger charge is -1.94. The zero-order valence-corrected chi connectivity index (χ0v) is 12.1. The van der Waals surface area contributed by atoms with E-state index >= 15 is 0 Å². The molecule has 0 atom stereocenters. The van der Waals surface area contributed by atoms with Crippen molar-refractivity contribution in [1.82, 2.24) is 0 Å². The Morgan fingerprint density at radius 1 is 1.33 bits per heavy atom. The monoisotopic (exact) mass is 348 g/mol. The van der Waals surface area contributed by atoms with Crippen molar-refractivity contribution < 1.29 is 4.79 Å². The topological polar surface area (TPSA) is 17.1 Å². The molecule has 4 heteroatoms. The van der Waals surface area contributed by atoms with Crippen LogP contribution < -0.4 is 0 Å². The van der Waals surface area contributed by atoms with Crippen molar-refractivity contribution in [1.29, 1.82) is 0 Å². The van der Waals surface area contributed by atoms with Crippen molar-refractivity contribution in [3.8, 4) is 0 Å². The molecule has 0 aliphatic carbocycles. The number of carbonyl (C=O) groups is 1. The summed E-state index contributed by atoms with van der Waals surface area (Å²) in [6.07, 6.45) is 0. The van der Waals surface area contributed by atoms with Gasteiger partial charge in [-0.25, -0.2) is 0 Å². The molecule has 0 N–H and O–H groups in total. The van der Waals surface area contributed by atoms with Gasteiger partial charge in [-0.2, -0.15) is 0 Å². The fraction of sp³-hybridized carbons (Fsp3) is 0.182. The van der Waals surface area contributed by atoms with Gasteiger partial charge in [0.15, 0.2) is 0 Å². The van der Waals surface area contributed by atoms with Gasteiger partial charge >= 0.3 is 0 Å². The number of ketones is 1. The maximum atomic E-state index is 12.1. The summed E-state index contributed by atoms with van der Waals surface area (Å²) >= 11 is 5.43. The van der Waals surface area contributed by atoms with Gasteiger partial charge in [0, 0.05) is 15.8 Å². The molecular formula is C11H9IOS2. The summed E-state index contributed by atoms with van der Waals surface area (Å²) in [7, 11) is 0. The van der Waals surface area contributed by atoms with E-state index in [1.807, 2.05) is 25.3 Å². The maximum Gasteiger partial charge on any atom is 0.204 e. The molecule has 78 valence electrons. The van der Waals surface area contributed by atoms with Crippen LogP contribution in [0.1, 0.15) is 25.7 Å². The molecule has 0 aliphatic rings. The van der Waals surface area contributed by atoms with Gasteiger partial charge in [0.05, 0.1) is 7.76 Å². The Hall–Kier alpha value is -0.200. The van der Waals surface area contributed by atoms with Crippen LogP contribution in [0.4, 0.5) is 0 Å². The highest BCUT2D eigenvalue weighted by atomic mass is 127. The van der Waals surface area contributed by atoms with Gasteiger partial charge in [0.25, 0.3) is 0 Å². The second kappa shape index (κ2) is 4.35. The van der Waals surface area contributed by atoms with E-state index in [1.165, 1.54) is 4.88 Å². The summed E-state index contributed by atoms with van der Waals surface area (Å²) in [5, 5.41) is 1.93. The van der Waals surface area contributed by atoms with E-state index in [1.54, 1.807) is 22.7 Å². The molecule has 0 amide bonds. The number of rotatable bonds is 2.